The number of nitrogens with zero attached hydrogens (tertiary/aromatic N) is 1. The second kappa shape index (κ2) is 10.5. The molecule has 0 N–H and O–H groups in total. The summed E-state index contributed by atoms with van der Waals surface area (Å²) in [5, 5.41) is 0. The van der Waals surface area contributed by atoms with Crippen LogP contribution in [-0.4, -0.2) is 56.6 Å². The summed E-state index contributed by atoms with van der Waals surface area (Å²) in [7, 11) is -3.55. The SMILES string of the molecule is CCC(=O)c1ccc(OCC(=O)OCC(=O)c2ccc(S(=O)(=O)N3CCCC3)cc2)cc1. The minimum atomic E-state index is -3.55. The van der Waals surface area contributed by atoms with Gasteiger partial charge in [-0.2, -0.15) is 4.31 Å². The van der Waals surface area contributed by atoms with Crippen LogP contribution in [0.5, 0.6) is 5.75 Å². The molecule has 3 rings (SSSR count). The zero-order chi connectivity index (χ0) is 23.1. The van der Waals surface area contributed by atoms with Gasteiger partial charge in [-0.15, -0.1) is 0 Å². The number of Topliss-reactive ketones (excluding diaryl/α,β-unsaturated/α-hetero) is 2. The van der Waals surface area contributed by atoms with Gasteiger partial charge in [-0.05, 0) is 61.4 Å². The van der Waals surface area contributed by atoms with Crippen molar-refractivity contribution >= 4 is 27.6 Å². The van der Waals surface area contributed by atoms with Gasteiger partial charge in [0, 0.05) is 30.6 Å². The van der Waals surface area contributed by atoms with E-state index in [1.54, 1.807) is 31.2 Å². The first-order valence-corrected chi connectivity index (χ1v) is 11.8. The molecule has 0 saturated carbocycles. The summed E-state index contributed by atoms with van der Waals surface area (Å²) >= 11 is 0. The van der Waals surface area contributed by atoms with Crippen molar-refractivity contribution in [3.05, 3.63) is 59.7 Å². The van der Waals surface area contributed by atoms with E-state index >= 15 is 0 Å². The summed E-state index contributed by atoms with van der Waals surface area (Å²) in [6.45, 7) is 1.91. The molecule has 9 heteroatoms. The average Bonchev–Trinajstić information content (AvgIpc) is 3.37. The zero-order valence-corrected chi connectivity index (χ0v) is 18.6. The number of carbonyl (C=O) groups is 3. The van der Waals surface area contributed by atoms with Crippen molar-refractivity contribution < 1.29 is 32.3 Å². The third kappa shape index (κ3) is 5.80. The van der Waals surface area contributed by atoms with Crippen LogP contribution >= 0.6 is 0 Å². The molecular weight excluding hydrogens is 434 g/mol. The molecule has 1 fully saturated rings. The molecule has 1 aliphatic rings. The highest BCUT2D eigenvalue weighted by Gasteiger charge is 2.27. The van der Waals surface area contributed by atoms with Crippen LogP contribution in [0, 0.1) is 0 Å². The molecular formula is C23H25NO7S. The van der Waals surface area contributed by atoms with E-state index in [1.165, 1.54) is 28.6 Å². The lowest BCUT2D eigenvalue weighted by Crippen LogP contribution is -2.27. The maximum atomic E-state index is 12.5. The molecule has 0 aliphatic carbocycles. The highest BCUT2D eigenvalue weighted by Crippen LogP contribution is 2.21. The van der Waals surface area contributed by atoms with Gasteiger partial charge in [-0.1, -0.05) is 6.92 Å². The topological polar surface area (TPSA) is 107 Å². The number of benzene rings is 2. The Labute approximate surface area is 187 Å². The van der Waals surface area contributed by atoms with Crippen LogP contribution in [0.15, 0.2) is 53.4 Å². The van der Waals surface area contributed by atoms with Crippen LogP contribution in [-0.2, 0) is 19.6 Å². The van der Waals surface area contributed by atoms with E-state index in [1.807, 2.05) is 0 Å². The Bertz CT molecular complexity index is 1070. The Balaban J connectivity index is 1.47. The van der Waals surface area contributed by atoms with Crippen molar-refractivity contribution in [2.75, 3.05) is 26.3 Å². The third-order valence-corrected chi connectivity index (χ3v) is 7.01. The Kier molecular flexibility index (Phi) is 7.76. The quantitative estimate of drug-likeness (QED) is 0.397. The highest BCUT2D eigenvalue weighted by atomic mass is 32.2. The number of hydrogen-bond donors (Lipinski definition) is 0. The van der Waals surface area contributed by atoms with E-state index in [9.17, 15) is 22.8 Å². The van der Waals surface area contributed by atoms with Gasteiger partial charge in [0.2, 0.25) is 10.0 Å². The molecule has 8 nitrogen and oxygen atoms in total. The van der Waals surface area contributed by atoms with Crippen molar-refractivity contribution in [2.24, 2.45) is 0 Å². The van der Waals surface area contributed by atoms with E-state index in [0.717, 1.165) is 12.8 Å². The van der Waals surface area contributed by atoms with Crippen molar-refractivity contribution in [1.82, 2.24) is 4.31 Å². The van der Waals surface area contributed by atoms with Gasteiger partial charge in [-0.25, -0.2) is 13.2 Å². The van der Waals surface area contributed by atoms with Crippen molar-refractivity contribution in [3.63, 3.8) is 0 Å². The lowest BCUT2D eigenvalue weighted by atomic mass is 10.1. The van der Waals surface area contributed by atoms with Crippen molar-refractivity contribution in [1.29, 1.82) is 0 Å². The molecule has 0 amide bonds. The Morgan fingerprint density at radius 3 is 2.00 bits per heavy atom. The van der Waals surface area contributed by atoms with Crippen molar-refractivity contribution in [2.45, 2.75) is 31.1 Å². The Hall–Kier alpha value is -3.04. The Morgan fingerprint density at radius 1 is 0.844 bits per heavy atom. The number of carbonyl (C=O) groups excluding carboxylic acids is 3. The molecule has 2 aromatic rings. The molecule has 2 aromatic carbocycles. The normalized spacial score (nSPS) is 14.2. The molecule has 0 spiro atoms. The van der Waals surface area contributed by atoms with Crippen molar-refractivity contribution in [3.8, 4) is 5.75 Å². The molecule has 0 aromatic heterocycles. The number of ketones is 2. The number of sulfonamides is 1. The van der Waals surface area contributed by atoms with E-state index < -0.39 is 28.4 Å². The van der Waals surface area contributed by atoms with Gasteiger partial charge in [0.15, 0.2) is 24.8 Å². The lowest BCUT2D eigenvalue weighted by Gasteiger charge is -2.15. The first kappa shape index (κ1) is 23.6. The first-order valence-electron chi connectivity index (χ1n) is 10.4. The predicted octanol–water partition coefficient (Wildman–Crippen LogP) is 2.87. The van der Waals surface area contributed by atoms with Gasteiger partial charge >= 0.3 is 5.97 Å². The number of rotatable bonds is 10. The largest absolute Gasteiger partial charge is 0.482 e. The Morgan fingerprint density at radius 2 is 1.41 bits per heavy atom. The minimum Gasteiger partial charge on any atom is -0.482 e. The number of esters is 1. The summed E-state index contributed by atoms with van der Waals surface area (Å²) in [5.74, 6) is -0.766. The molecule has 170 valence electrons. The van der Waals surface area contributed by atoms with Crippen LogP contribution in [0.3, 0.4) is 0 Å². The molecule has 0 bridgehead atoms. The van der Waals surface area contributed by atoms with Crippen LogP contribution < -0.4 is 4.74 Å². The molecule has 1 aliphatic heterocycles. The summed E-state index contributed by atoms with van der Waals surface area (Å²) in [6.07, 6.45) is 2.08. The molecule has 32 heavy (non-hydrogen) atoms. The summed E-state index contributed by atoms with van der Waals surface area (Å²) in [4.78, 5) is 35.9. The summed E-state index contributed by atoms with van der Waals surface area (Å²) in [5.41, 5.74) is 0.808. The second-order valence-corrected chi connectivity index (χ2v) is 9.25. The maximum Gasteiger partial charge on any atom is 0.344 e. The molecule has 1 heterocycles. The summed E-state index contributed by atoms with van der Waals surface area (Å²) in [6, 6.07) is 12.0. The minimum absolute atomic E-state index is 0.0103. The fourth-order valence-electron chi connectivity index (χ4n) is 3.24. The highest BCUT2D eigenvalue weighted by molar-refractivity contribution is 7.89. The molecule has 0 radical (unpaired) electrons. The monoisotopic (exact) mass is 459 g/mol. The number of hydrogen-bond acceptors (Lipinski definition) is 7. The van der Waals surface area contributed by atoms with Gasteiger partial charge in [0.05, 0.1) is 4.90 Å². The van der Waals surface area contributed by atoms with E-state index in [4.69, 9.17) is 9.47 Å². The predicted molar refractivity (Wildman–Crippen MR) is 116 cm³/mol. The van der Waals surface area contributed by atoms with Crippen LogP contribution in [0.4, 0.5) is 0 Å². The lowest BCUT2D eigenvalue weighted by molar-refractivity contribution is -0.144. The van der Waals surface area contributed by atoms with Gasteiger partial charge in [-0.3, -0.25) is 9.59 Å². The van der Waals surface area contributed by atoms with Gasteiger partial charge in [0.1, 0.15) is 5.75 Å². The fourth-order valence-corrected chi connectivity index (χ4v) is 4.76. The zero-order valence-electron chi connectivity index (χ0n) is 17.8. The average molecular weight is 460 g/mol. The summed E-state index contributed by atoms with van der Waals surface area (Å²) < 4.78 is 36.7. The number of ether oxygens (including phenoxy) is 2. The third-order valence-electron chi connectivity index (χ3n) is 5.10. The fraction of sp³-hybridized carbons (Fsp3) is 0.348. The smallest absolute Gasteiger partial charge is 0.344 e. The van der Waals surface area contributed by atoms with Gasteiger partial charge in [0.25, 0.3) is 0 Å². The van der Waals surface area contributed by atoms with Gasteiger partial charge < -0.3 is 9.47 Å². The standard InChI is InChI=1S/C23H25NO7S/c1-2-21(25)17-5-9-19(10-6-17)30-16-23(27)31-15-22(26)18-7-11-20(12-8-18)32(28,29)24-13-3-4-14-24/h5-12H,2-4,13-16H2,1H3. The second-order valence-electron chi connectivity index (χ2n) is 7.31. The maximum absolute atomic E-state index is 12.5. The van der Waals surface area contributed by atoms with Crippen LogP contribution in [0.25, 0.3) is 0 Å². The van der Waals surface area contributed by atoms with Crippen LogP contribution in [0.2, 0.25) is 0 Å². The molecule has 0 unspecified atom stereocenters. The van der Waals surface area contributed by atoms with Crippen LogP contribution in [0.1, 0.15) is 46.9 Å². The van der Waals surface area contributed by atoms with E-state index in [2.05, 4.69) is 0 Å². The van der Waals surface area contributed by atoms with E-state index in [0.29, 0.717) is 30.8 Å². The molecule has 0 atom stereocenters. The molecule has 1 saturated heterocycles. The van der Waals surface area contributed by atoms with E-state index in [-0.39, 0.29) is 22.8 Å². The first-order chi connectivity index (χ1) is 15.3.